The number of halogens is 4. The standard InChI is InChI=1S/C18H16ClF3O5S/c1-3-28(25,26)12-5-7-15(14(9-12)18(20,21)22)27-16-8-11(19)4-6-13(16)10(2)17(23)24/h4-10H,3H2,1-2H3,(H,23,24). The first-order valence-corrected chi connectivity index (χ1v) is 10.0. The molecule has 0 saturated heterocycles. The Morgan fingerprint density at radius 3 is 2.36 bits per heavy atom. The summed E-state index contributed by atoms with van der Waals surface area (Å²) in [5, 5.41) is 9.33. The summed E-state index contributed by atoms with van der Waals surface area (Å²) in [6, 6.07) is 6.34. The molecule has 28 heavy (non-hydrogen) atoms. The van der Waals surface area contributed by atoms with Crippen LogP contribution in [-0.4, -0.2) is 25.2 Å². The molecule has 0 radical (unpaired) electrons. The fraction of sp³-hybridized carbons (Fsp3) is 0.278. The number of rotatable bonds is 6. The van der Waals surface area contributed by atoms with Crippen molar-refractivity contribution >= 4 is 27.4 Å². The normalized spacial score (nSPS) is 13.2. The molecule has 2 aromatic carbocycles. The first-order valence-electron chi connectivity index (χ1n) is 8.01. The lowest BCUT2D eigenvalue weighted by atomic mass is 10.0. The van der Waals surface area contributed by atoms with Gasteiger partial charge in [-0.15, -0.1) is 0 Å². The molecule has 10 heteroatoms. The van der Waals surface area contributed by atoms with Gasteiger partial charge in [-0.1, -0.05) is 24.6 Å². The van der Waals surface area contributed by atoms with Gasteiger partial charge >= 0.3 is 12.1 Å². The van der Waals surface area contributed by atoms with Crippen molar-refractivity contribution in [1.29, 1.82) is 0 Å². The number of carboxylic acids is 1. The van der Waals surface area contributed by atoms with Crippen LogP contribution in [0.5, 0.6) is 11.5 Å². The number of sulfone groups is 1. The molecule has 0 aliphatic heterocycles. The van der Waals surface area contributed by atoms with Crippen molar-refractivity contribution in [3.05, 3.63) is 52.5 Å². The van der Waals surface area contributed by atoms with E-state index in [1.54, 1.807) is 0 Å². The quantitative estimate of drug-likeness (QED) is 0.678. The Hall–Kier alpha value is -2.26. The molecular weight excluding hydrogens is 421 g/mol. The average molecular weight is 437 g/mol. The van der Waals surface area contributed by atoms with E-state index in [4.69, 9.17) is 16.3 Å². The lowest BCUT2D eigenvalue weighted by molar-refractivity contribution is -0.139. The third-order valence-electron chi connectivity index (χ3n) is 4.03. The molecule has 0 bridgehead atoms. The molecule has 2 aromatic rings. The average Bonchev–Trinajstić information content (AvgIpc) is 2.60. The molecule has 0 fully saturated rings. The molecule has 0 amide bonds. The lowest BCUT2D eigenvalue weighted by Crippen LogP contribution is -2.12. The van der Waals surface area contributed by atoms with Crippen LogP contribution in [-0.2, 0) is 20.8 Å². The molecule has 0 heterocycles. The van der Waals surface area contributed by atoms with Crippen molar-refractivity contribution in [2.75, 3.05) is 5.75 Å². The monoisotopic (exact) mass is 436 g/mol. The summed E-state index contributed by atoms with van der Waals surface area (Å²) in [4.78, 5) is 10.8. The molecule has 0 aromatic heterocycles. The Morgan fingerprint density at radius 1 is 1.18 bits per heavy atom. The van der Waals surface area contributed by atoms with Crippen LogP contribution in [0.25, 0.3) is 0 Å². The van der Waals surface area contributed by atoms with Crippen molar-refractivity contribution in [3.8, 4) is 11.5 Å². The van der Waals surface area contributed by atoms with Crippen LogP contribution in [0.4, 0.5) is 13.2 Å². The van der Waals surface area contributed by atoms with Gasteiger partial charge in [0.05, 0.1) is 22.1 Å². The molecule has 152 valence electrons. The number of alkyl halides is 3. The molecule has 0 spiro atoms. The Balaban J connectivity index is 2.61. The zero-order valence-corrected chi connectivity index (χ0v) is 16.3. The molecule has 5 nitrogen and oxygen atoms in total. The van der Waals surface area contributed by atoms with Crippen molar-refractivity contribution in [2.45, 2.75) is 30.8 Å². The minimum atomic E-state index is -4.90. The zero-order chi connectivity index (χ0) is 21.3. The van der Waals surface area contributed by atoms with Crippen molar-refractivity contribution in [1.82, 2.24) is 0 Å². The summed E-state index contributed by atoms with van der Waals surface area (Å²) in [7, 11) is -3.86. The van der Waals surface area contributed by atoms with Gasteiger partial charge in [0.1, 0.15) is 11.5 Å². The van der Waals surface area contributed by atoms with Crippen LogP contribution in [0.2, 0.25) is 5.02 Å². The fourth-order valence-corrected chi connectivity index (χ4v) is 3.45. The Morgan fingerprint density at radius 2 is 1.82 bits per heavy atom. The van der Waals surface area contributed by atoms with Gasteiger partial charge < -0.3 is 9.84 Å². The highest BCUT2D eigenvalue weighted by Crippen LogP contribution is 2.41. The van der Waals surface area contributed by atoms with E-state index in [2.05, 4.69) is 0 Å². The van der Waals surface area contributed by atoms with Crippen LogP contribution >= 0.6 is 11.6 Å². The highest BCUT2D eigenvalue weighted by molar-refractivity contribution is 7.91. The van der Waals surface area contributed by atoms with Crippen LogP contribution in [0, 0.1) is 0 Å². The van der Waals surface area contributed by atoms with Gasteiger partial charge in [-0.05, 0) is 37.3 Å². The number of carboxylic acid groups (broad SMARTS) is 1. The third kappa shape index (κ3) is 4.77. The maximum absolute atomic E-state index is 13.5. The van der Waals surface area contributed by atoms with Crippen molar-refractivity contribution in [3.63, 3.8) is 0 Å². The van der Waals surface area contributed by atoms with Gasteiger partial charge in [0.2, 0.25) is 0 Å². The fourth-order valence-electron chi connectivity index (χ4n) is 2.39. The van der Waals surface area contributed by atoms with Crippen molar-refractivity contribution in [2.24, 2.45) is 0 Å². The maximum atomic E-state index is 13.5. The van der Waals surface area contributed by atoms with Gasteiger partial charge in [0.25, 0.3) is 0 Å². The second kappa shape index (κ2) is 8.00. The zero-order valence-electron chi connectivity index (χ0n) is 14.7. The summed E-state index contributed by atoms with van der Waals surface area (Å²) in [6.07, 6.45) is -4.90. The van der Waals surface area contributed by atoms with Gasteiger partial charge in [-0.25, -0.2) is 8.42 Å². The second-order valence-electron chi connectivity index (χ2n) is 5.90. The van der Waals surface area contributed by atoms with Crippen LogP contribution < -0.4 is 4.74 Å². The first-order chi connectivity index (χ1) is 12.9. The van der Waals surface area contributed by atoms with E-state index in [1.165, 1.54) is 32.0 Å². The number of aliphatic carboxylic acids is 1. The number of benzene rings is 2. The first kappa shape index (κ1) is 22.0. The smallest absolute Gasteiger partial charge is 0.420 e. The van der Waals surface area contributed by atoms with E-state index in [1.807, 2.05) is 0 Å². The van der Waals surface area contributed by atoms with E-state index in [9.17, 15) is 31.5 Å². The lowest BCUT2D eigenvalue weighted by Gasteiger charge is -2.18. The molecule has 0 saturated carbocycles. The Bertz CT molecular complexity index is 1000. The molecule has 0 aliphatic rings. The van der Waals surface area contributed by atoms with Crippen LogP contribution in [0.15, 0.2) is 41.3 Å². The predicted molar refractivity (Wildman–Crippen MR) is 96.7 cm³/mol. The summed E-state index contributed by atoms with van der Waals surface area (Å²) in [5.74, 6) is -3.46. The molecule has 1 unspecified atom stereocenters. The van der Waals surface area contributed by atoms with Gasteiger partial charge in [0, 0.05) is 10.6 Å². The van der Waals surface area contributed by atoms with Crippen LogP contribution in [0.1, 0.15) is 30.9 Å². The highest BCUT2D eigenvalue weighted by atomic mass is 35.5. The Labute approximate surface area is 164 Å². The third-order valence-corrected chi connectivity index (χ3v) is 6.00. The van der Waals surface area contributed by atoms with Gasteiger partial charge in [-0.2, -0.15) is 13.2 Å². The molecule has 0 aliphatic carbocycles. The van der Waals surface area contributed by atoms with E-state index < -0.39 is 44.1 Å². The van der Waals surface area contributed by atoms with Crippen molar-refractivity contribution < 1.29 is 36.2 Å². The second-order valence-corrected chi connectivity index (χ2v) is 8.62. The van der Waals surface area contributed by atoms with E-state index in [-0.39, 0.29) is 22.1 Å². The van der Waals surface area contributed by atoms with Gasteiger partial charge in [-0.3, -0.25) is 4.79 Å². The number of ether oxygens (including phenoxy) is 1. The minimum absolute atomic E-state index is 0.121. The Kier molecular flexibility index (Phi) is 6.30. The number of carbonyl (C=O) groups is 1. The predicted octanol–water partition coefficient (Wildman–Crippen LogP) is 5.13. The number of hydrogen-bond acceptors (Lipinski definition) is 4. The SMILES string of the molecule is CCS(=O)(=O)c1ccc(Oc2cc(Cl)ccc2C(C)C(=O)O)c(C(F)(F)F)c1. The molecular formula is C18H16ClF3O5S. The minimum Gasteiger partial charge on any atom is -0.481 e. The maximum Gasteiger partial charge on any atom is 0.420 e. The highest BCUT2D eigenvalue weighted by Gasteiger charge is 2.36. The van der Waals surface area contributed by atoms with Crippen LogP contribution in [0.3, 0.4) is 0 Å². The number of hydrogen-bond donors (Lipinski definition) is 1. The summed E-state index contributed by atoms with van der Waals surface area (Å²) >= 11 is 5.87. The van der Waals surface area contributed by atoms with E-state index >= 15 is 0 Å². The summed E-state index contributed by atoms with van der Waals surface area (Å²) in [5.41, 5.74) is -1.17. The summed E-state index contributed by atoms with van der Waals surface area (Å²) in [6.45, 7) is 2.67. The molecule has 2 rings (SSSR count). The molecule has 1 N–H and O–H groups in total. The largest absolute Gasteiger partial charge is 0.481 e. The van der Waals surface area contributed by atoms with E-state index in [0.29, 0.717) is 6.07 Å². The topological polar surface area (TPSA) is 80.7 Å². The van der Waals surface area contributed by atoms with Gasteiger partial charge in [0.15, 0.2) is 9.84 Å². The summed E-state index contributed by atoms with van der Waals surface area (Å²) < 4.78 is 69.7. The van der Waals surface area contributed by atoms with E-state index in [0.717, 1.165) is 12.1 Å². The molecule has 1 atom stereocenters.